The summed E-state index contributed by atoms with van der Waals surface area (Å²) in [6, 6.07) is 17.7. The Labute approximate surface area is 192 Å². The van der Waals surface area contributed by atoms with Crippen LogP contribution < -0.4 is 20.7 Å². The van der Waals surface area contributed by atoms with E-state index in [2.05, 4.69) is 36.7 Å². The van der Waals surface area contributed by atoms with Crippen LogP contribution in [0.1, 0.15) is 36.9 Å². The number of benzene rings is 2. The lowest BCUT2D eigenvalue weighted by molar-refractivity contribution is -0.121. The van der Waals surface area contributed by atoms with Crippen molar-refractivity contribution in [1.82, 2.24) is 5.32 Å². The molecule has 7 nitrogen and oxygen atoms in total. The van der Waals surface area contributed by atoms with E-state index in [0.717, 1.165) is 0 Å². The summed E-state index contributed by atoms with van der Waals surface area (Å²) in [7, 11) is 0. The van der Waals surface area contributed by atoms with E-state index in [1.54, 1.807) is 36.4 Å². The molecule has 0 aliphatic carbocycles. The van der Waals surface area contributed by atoms with Crippen LogP contribution in [-0.2, 0) is 10.2 Å². The van der Waals surface area contributed by atoms with Gasteiger partial charge in [-0.25, -0.2) is 0 Å². The van der Waals surface area contributed by atoms with E-state index in [4.69, 9.17) is 21.4 Å². The van der Waals surface area contributed by atoms with Gasteiger partial charge < -0.3 is 19.8 Å². The average molecular weight is 452 g/mol. The number of rotatable bonds is 6. The van der Waals surface area contributed by atoms with Crippen LogP contribution in [0, 0.1) is 0 Å². The molecular weight excluding hydrogens is 426 g/mol. The van der Waals surface area contributed by atoms with Crippen molar-refractivity contribution in [2.45, 2.75) is 26.2 Å². The molecule has 0 aliphatic rings. The predicted molar refractivity (Wildman–Crippen MR) is 128 cm³/mol. The van der Waals surface area contributed by atoms with E-state index < -0.39 is 0 Å². The second-order valence-electron chi connectivity index (χ2n) is 8.07. The van der Waals surface area contributed by atoms with Gasteiger partial charge in [0, 0.05) is 11.4 Å². The van der Waals surface area contributed by atoms with Crippen molar-refractivity contribution in [2.75, 3.05) is 17.2 Å². The molecule has 0 fully saturated rings. The highest BCUT2D eigenvalue weighted by atomic mass is 32.1. The van der Waals surface area contributed by atoms with Gasteiger partial charge in [0.05, 0.1) is 6.26 Å². The summed E-state index contributed by atoms with van der Waals surface area (Å²) < 4.78 is 10.6. The van der Waals surface area contributed by atoms with E-state index in [0.29, 0.717) is 17.1 Å². The molecule has 0 spiro atoms. The number of carbonyl (C=O) groups is 2. The van der Waals surface area contributed by atoms with Gasteiger partial charge in [-0.05, 0) is 71.7 Å². The SMILES string of the molecule is CC(C)(C)c1ccc(OCC(=O)NC(=S)Nc2ccc(NC(=O)c3ccco3)cc2)cc1. The fourth-order valence-corrected chi connectivity index (χ4v) is 2.99. The lowest BCUT2D eigenvalue weighted by atomic mass is 9.87. The maximum absolute atomic E-state index is 12.1. The Morgan fingerprint density at radius 2 is 1.56 bits per heavy atom. The Kier molecular flexibility index (Phi) is 7.27. The second-order valence-corrected chi connectivity index (χ2v) is 8.48. The standard InChI is InChI=1S/C24H25N3O4S/c1-24(2,3)16-6-12-19(13-7-16)31-15-21(28)27-23(32)26-18-10-8-17(9-11-18)25-22(29)20-5-4-14-30-20/h4-14H,15H2,1-3H3,(H,25,29)(H2,26,27,28,32). The quantitative estimate of drug-likeness (QED) is 0.470. The largest absolute Gasteiger partial charge is 0.484 e. The fourth-order valence-electron chi connectivity index (χ4n) is 2.76. The summed E-state index contributed by atoms with van der Waals surface area (Å²) in [5, 5.41) is 8.36. The van der Waals surface area contributed by atoms with Crippen LogP contribution in [0.2, 0.25) is 0 Å². The number of amides is 2. The van der Waals surface area contributed by atoms with Gasteiger partial charge in [0.1, 0.15) is 5.75 Å². The molecule has 8 heteroatoms. The lowest BCUT2D eigenvalue weighted by Crippen LogP contribution is -2.37. The first-order valence-electron chi connectivity index (χ1n) is 10.00. The number of anilines is 2. The van der Waals surface area contributed by atoms with Crippen molar-refractivity contribution >= 4 is 40.5 Å². The molecule has 1 heterocycles. The van der Waals surface area contributed by atoms with Crippen molar-refractivity contribution in [3.05, 3.63) is 78.3 Å². The minimum Gasteiger partial charge on any atom is -0.484 e. The van der Waals surface area contributed by atoms with Gasteiger partial charge in [-0.15, -0.1) is 0 Å². The van der Waals surface area contributed by atoms with E-state index in [1.165, 1.54) is 11.8 Å². The number of hydrogen-bond acceptors (Lipinski definition) is 5. The van der Waals surface area contributed by atoms with Gasteiger partial charge in [0.25, 0.3) is 11.8 Å². The van der Waals surface area contributed by atoms with Crippen molar-refractivity contribution in [3.8, 4) is 5.75 Å². The lowest BCUT2D eigenvalue weighted by Gasteiger charge is -2.19. The van der Waals surface area contributed by atoms with E-state index in [-0.39, 0.29) is 34.7 Å². The van der Waals surface area contributed by atoms with Crippen molar-refractivity contribution < 1.29 is 18.7 Å². The van der Waals surface area contributed by atoms with Crippen LogP contribution >= 0.6 is 12.2 Å². The molecule has 0 saturated heterocycles. The van der Waals surface area contributed by atoms with Gasteiger partial charge in [-0.2, -0.15) is 0 Å². The minimum atomic E-state index is -0.371. The molecule has 32 heavy (non-hydrogen) atoms. The molecule has 0 aliphatic heterocycles. The molecule has 3 N–H and O–H groups in total. The number of nitrogens with one attached hydrogen (secondary N) is 3. The molecule has 2 aromatic carbocycles. The molecule has 0 atom stereocenters. The first-order chi connectivity index (χ1) is 15.2. The number of thiocarbonyl (C=S) groups is 1. The van der Waals surface area contributed by atoms with E-state index >= 15 is 0 Å². The number of hydrogen-bond donors (Lipinski definition) is 3. The normalized spacial score (nSPS) is 10.8. The van der Waals surface area contributed by atoms with Gasteiger partial charge in [-0.1, -0.05) is 32.9 Å². The van der Waals surface area contributed by atoms with Gasteiger partial charge in [-0.3, -0.25) is 14.9 Å². The molecule has 2 amide bonds. The highest BCUT2D eigenvalue weighted by Crippen LogP contribution is 2.24. The zero-order valence-electron chi connectivity index (χ0n) is 18.1. The molecule has 0 bridgehead atoms. The number of ether oxygens (including phenoxy) is 1. The van der Waals surface area contributed by atoms with Crippen LogP contribution in [0.15, 0.2) is 71.3 Å². The predicted octanol–water partition coefficient (Wildman–Crippen LogP) is 4.72. The maximum atomic E-state index is 12.1. The van der Waals surface area contributed by atoms with Crippen molar-refractivity contribution in [1.29, 1.82) is 0 Å². The summed E-state index contributed by atoms with van der Waals surface area (Å²) >= 11 is 5.18. The molecule has 1 aromatic heterocycles. The Bertz CT molecular complexity index is 1070. The zero-order chi connectivity index (χ0) is 23.1. The third-order valence-electron chi connectivity index (χ3n) is 4.49. The first kappa shape index (κ1) is 23.0. The molecule has 3 rings (SSSR count). The zero-order valence-corrected chi connectivity index (χ0v) is 18.9. The van der Waals surface area contributed by atoms with Crippen LogP contribution in [-0.4, -0.2) is 23.5 Å². The minimum absolute atomic E-state index is 0.0526. The monoisotopic (exact) mass is 451 g/mol. The van der Waals surface area contributed by atoms with Crippen LogP contribution in [0.3, 0.4) is 0 Å². The van der Waals surface area contributed by atoms with E-state index in [1.807, 2.05) is 24.3 Å². The Balaban J connectivity index is 1.43. The number of carbonyl (C=O) groups excluding carboxylic acids is 2. The van der Waals surface area contributed by atoms with Crippen LogP contribution in [0.4, 0.5) is 11.4 Å². The summed E-state index contributed by atoms with van der Waals surface area (Å²) in [4.78, 5) is 24.1. The highest BCUT2D eigenvalue weighted by Gasteiger charge is 2.13. The Hall–Kier alpha value is -3.65. The number of furan rings is 1. The maximum Gasteiger partial charge on any atom is 0.291 e. The smallest absolute Gasteiger partial charge is 0.291 e. The summed E-state index contributed by atoms with van der Waals surface area (Å²) in [5.74, 6) is 0.124. The molecule has 3 aromatic rings. The third-order valence-corrected chi connectivity index (χ3v) is 4.69. The van der Waals surface area contributed by atoms with Crippen LogP contribution in [0.5, 0.6) is 5.75 Å². The summed E-state index contributed by atoms with van der Waals surface area (Å²) in [6.07, 6.45) is 1.44. The van der Waals surface area contributed by atoms with Crippen molar-refractivity contribution in [3.63, 3.8) is 0 Å². The third kappa shape index (κ3) is 6.68. The van der Waals surface area contributed by atoms with E-state index in [9.17, 15) is 9.59 Å². The average Bonchev–Trinajstić information content (AvgIpc) is 3.28. The Morgan fingerprint density at radius 1 is 0.938 bits per heavy atom. The summed E-state index contributed by atoms with van der Waals surface area (Å²) in [6.45, 7) is 6.24. The molecule has 0 unspecified atom stereocenters. The van der Waals surface area contributed by atoms with Gasteiger partial charge >= 0.3 is 0 Å². The highest BCUT2D eigenvalue weighted by molar-refractivity contribution is 7.80. The van der Waals surface area contributed by atoms with Crippen molar-refractivity contribution in [2.24, 2.45) is 0 Å². The topological polar surface area (TPSA) is 92.6 Å². The molecule has 166 valence electrons. The molecule has 0 saturated carbocycles. The summed E-state index contributed by atoms with van der Waals surface area (Å²) in [5.41, 5.74) is 2.49. The van der Waals surface area contributed by atoms with Gasteiger partial charge in [0.2, 0.25) is 0 Å². The molecular formula is C24H25N3O4S. The first-order valence-corrected chi connectivity index (χ1v) is 10.4. The molecule has 0 radical (unpaired) electrons. The van der Waals surface area contributed by atoms with Crippen LogP contribution in [0.25, 0.3) is 0 Å². The Morgan fingerprint density at radius 3 is 2.12 bits per heavy atom. The second kappa shape index (κ2) is 10.1. The van der Waals surface area contributed by atoms with Gasteiger partial charge in [0.15, 0.2) is 17.5 Å². The fraction of sp³-hybridized carbons (Fsp3) is 0.208.